The maximum atomic E-state index is 13.0. The van der Waals surface area contributed by atoms with Gasteiger partial charge in [0.15, 0.2) is 5.69 Å². The Balaban J connectivity index is 1.31. The van der Waals surface area contributed by atoms with E-state index in [4.69, 9.17) is 9.15 Å². The van der Waals surface area contributed by atoms with Crippen molar-refractivity contribution in [2.24, 2.45) is 0 Å². The lowest BCUT2D eigenvalue weighted by molar-refractivity contribution is -0.132. The Bertz CT molecular complexity index is 1070. The van der Waals surface area contributed by atoms with Gasteiger partial charge >= 0.3 is 0 Å². The molecule has 166 valence electrons. The van der Waals surface area contributed by atoms with Gasteiger partial charge in [-0.05, 0) is 43.2 Å². The predicted molar refractivity (Wildman–Crippen MR) is 120 cm³/mol. The lowest BCUT2D eigenvalue weighted by atomic mass is 10.1. The molecule has 1 aliphatic heterocycles. The highest BCUT2D eigenvalue weighted by Gasteiger charge is 2.28. The summed E-state index contributed by atoms with van der Waals surface area (Å²) in [6.45, 7) is 3.77. The number of hydrogen-bond acceptors (Lipinski definition) is 5. The van der Waals surface area contributed by atoms with Crippen molar-refractivity contribution in [1.29, 1.82) is 0 Å². The van der Waals surface area contributed by atoms with Crippen molar-refractivity contribution in [1.82, 2.24) is 14.8 Å². The number of amides is 2. The molecule has 3 aromatic rings. The van der Waals surface area contributed by atoms with Crippen molar-refractivity contribution < 1.29 is 18.7 Å². The smallest absolute Gasteiger partial charge is 0.276 e. The van der Waals surface area contributed by atoms with Crippen molar-refractivity contribution in [3.8, 4) is 17.2 Å². The van der Waals surface area contributed by atoms with Crippen LogP contribution in [-0.4, -0.2) is 59.9 Å². The monoisotopic (exact) mass is 433 g/mol. The zero-order valence-corrected chi connectivity index (χ0v) is 18.4. The first-order valence-corrected chi connectivity index (χ1v) is 10.8. The van der Waals surface area contributed by atoms with E-state index < -0.39 is 0 Å². The minimum atomic E-state index is -0.154. The van der Waals surface area contributed by atoms with E-state index in [9.17, 15) is 9.59 Å². The SMILES string of the molecule is COc1ccc(CCC(=O)N2CCN(C(=O)c3nc(-c4ccccc4)oc3C)CC2)cc1. The van der Waals surface area contributed by atoms with Gasteiger partial charge in [0.2, 0.25) is 11.8 Å². The maximum absolute atomic E-state index is 13.0. The van der Waals surface area contributed by atoms with Crippen molar-refractivity contribution in [3.05, 3.63) is 71.6 Å². The van der Waals surface area contributed by atoms with Gasteiger partial charge in [0.1, 0.15) is 11.5 Å². The highest BCUT2D eigenvalue weighted by molar-refractivity contribution is 5.94. The van der Waals surface area contributed by atoms with Gasteiger partial charge in [0.25, 0.3) is 5.91 Å². The average Bonchev–Trinajstić information content (AvgIpc) is 3.24. The minimum Gasteiger partial charge on any atom is -0.497 e. The number of aromatic nitrogens is 1. The van der Waals surface area contributed by atoms with E-state index in [0.29, 0.717) is 56.4 Å². The Labute approximate surface area is 187 Å². The molecule has 2 heterocycles. The Hall–Kier alpha value is -3.61. The third-order valence-corrected chi connectivity index (χ3v) is 5.73. The Morgan fingerprint density at radius 2 is 1.62 bits per heavy atom. The lowest BCUT2D eigenvalue weighted by Gasteiger charge is -2.34. The minimum absolute atomic E-state index is 0.108. The van der Waals surface area contributed by atoms with E-state index in [0.717, 1.165) is 16.9 Å². The molecule has 0 N–H and O–H groups in total. The molecule has 0 unspecified atom stereocenters. The predicted octanol–water partition coefficient (Wildman–Crippen LogP) is 3.58. The Morgan fingerprint density at radius 1 is 0.969 bits per heavy atom. The van der Waals surface area contributed by atoms with Gasteiger partial charge in [-0.2, -0.15) is 0 Å². The molecular formula is C25H27N3O4. The standard InChI is InChI=1S/C25H27N3O4/c1-18-23(26-24(32-18)20-6-4-3-5-7-20)25(30)28-16-14-27(15-17-28)22(29)13-10-19-8-11-21(31-2)12-9-19/h3-9,11-12H,10,13-17H2,1-2H3. The molecule has 1 fully saturated rings. The second-order valence-corrected chi connectivity index (χ2v) is 7.81. The summed E-state index contributed by atoms with van der Waals surface area (Å²) in [5.74, 6) is 1.71. The van der Waals surface area contributed by atoms with E-state index in [1.54, 1.807) is 18.9 Å². The Morgan fingerprint density at radius 3 is 2.28 bits per heavy atom. The van der Waals surface area contributed by atoms with Crippen LogP contribution in [0.4, 0.5) is 0 Å². The summed E-state index contributed by atoms with van der Waals surface area (Å²) in [6, 6.07) is 17.3. The summed E-state index contributed by atoms with van der Waals surface area (Å²) in [6.07, 6.45) is 1.13. The molecule has 2 aromatic carbocycles. The molecule has 2 amide bonds. The van der Waals surface area contributed by atoms with Crippen LogP contribution >= 0.6 is 0 Å². The van der Waals surface area contributed by atoms with E-state index in [1.165, 1.54) is 0 Å². The third-order valence-electron chi connectivity index (χ3n) is 5.73. The number of aryl methyl sites for hydroxylation is 2. The van der Waals surface area contributed by atoms with E-state index in [2.05, 4.69) is 4.98 Å². The van der Waals surface area contributed by atoms with Crippen LogP contribution in [-0.2, 0) is 11.2 Å². The van der Waals surface area contributed by atoms with Crippen LogP contribution in [0, 0.1) is 6.92 Å². The molecule has 1 saturated heterocycles. The van der Waals surface area contributed by atoms with E-state index in [1.807, 2.05) is 59.5 Å². The quantitative estimate of drug-likeness (QED) is 0.594. The zero-order chi connectivity index (χ0) is 22.5. The summed E-state index contributed by atoms with van der Waals surface area (Å²) in [5.41, 5.74) is 2.27. The number of nitrogens with zero attached hydrogens (tertiary/aromatic N) is 3. The molecule has 0 radical (unpaired) electrons. The molecule has 4 rings (SSSR count). The van der Waals surface area contributed by atoms with Crippen LogP contribution in [0.1, 0.15) is 28.2 Å². The highest BCUT2D eigenvalue weighted by atomic mass is 16.5. The summed E-state index contributed by atoms with van der Waals surface area (Å²) in [7, 11) is 1.63. The van der Waals surface area contributed by atoms with Crippen molar-refractivity contribution in [2.75, 3.05) is 33.3 Å². The van der Waals surface area contributed by atoms with Crippen molar-refractivity contribution in [3.63, 3.8) is 0 Å². The fraction of sp³-hybridized carbons (Fsp3) is 0.320. The van der Waals surface area contributed by atoms with Gasteiger partial charge in [0.05, 0.1) is 7.11 Å². The third kappa shape index (κ3) is 4.82. The normalized spacial score (nSPS) is 13.8. The van der Waals surface area contributed by atoms with Crippen LogP contribution in [0.15, 0.2) is 59.0 Å². The molecule has 0 aliphatic carbocycles. The van der Waals surface area contributed by atoms with Gasteiger partial charge < -0.3 is 19.0 Å². The van der Waals surface area contributed by atoms with Gasteiger partial charge in [0, 0.05) is 38.2 Å². The first-order valence-electron chi connectivity index (χ1n) is 10.8. The Kier molecular flexibility index (Phi) is 6.54. The number of ether oxygens (including phenoxy) is 1. The first kappa shape index (κ1) is 21.6. The number of hydrogen-bond donors (Lipinski definition) is 0. The topological polar surface area (TPSA) is 75.9 Å². The number of rotatable bonds is 6. The van der Waals surface area contributed by atoms with Crippen molar-refractivity contribution >= 4 is 11.8 Å². The molecule has 0 atom stereocenters. The van der Waals surface area contributed by atoms with Gasteiger partial charge in [-0.1, -0.05) is 30.3 Å². The maximum Gasteiger partial charge on any atom is 0.276 e. The highest BCUT2D eigenvalue weighted by Crippen LogP contribution is 2.23. The summed E-state index contributed by atoms with van der Waals surface area (Å²) in [4.78, 5) is 33.6. The fourth-order valence-corrected chi connectivity index (χ4v) is 3.81. The lowest BCUT2D eigenvalue weighted by Crippen LogP contribution is -2.50. The molecule has 7 nitrogen and oxygen atoms in total. The second kappa shape index (κ2) is 9.68. The van der Waals surface area contributed by atoms with Gasteiger partial charge in [-0.15, -0.1) is 0 Å². The number of carbonyl (C=O) groups is 2. The van der Waals surface area contributed by atoms with E-state index >= 15 is 0 Å². The number of carbonyl (C=O) groups excluding carboxylic acids is 2. The molecule has 0 spiro atoms. The van der Waals surface area contributed by atoms with Gasteiger partial charge in [-0.3, -0.25) is 9.59 Å². The summed E-state index contributed by atoms with van der Waals surface area (Å²) >= 11 is 0. The molecule has 7 heteroatoms. The molecule has 0 saturated carbocycles. The van der Waals surface area contributed by atoms with E-state index in [-0.39, 0.29) is 11.8 Å². The fourth-order valence-electron chi connectivity index (χ4n) is 3.81. The van der Waals surface area contributed by atoms with Crippen LogP contribution in [0.25, 0.3) is 11.5 Å². The van der Waals surface area contributed by atoms with Gasteiger partial charge in [-0.25, -0.2) is 4.98 Å². The van der Waals surface area contributed by atoms with Crippen LogP contribution in [0.3, 0.4) is 0 Å². The number of benzene rings is 2. The first-order chi connectivity index (χ1) is 15.5. The number of methoxy groups -OCH3 is 1. The average molecular weight is 434 g/mol. The summed E-state index contributed by atoms with van der Waals surface area (Å²) in [5, 5.41) is 0. The van der Waals surface area contributed by atoms with Crippen LogP contribution in [0.2, 0.25) is 0 Å². The number of piperazine rings is 1. The second-order valence-electron chi connectivity index (χ2n) is 7.81. The molecule has 0 bridgehead atoms. The summed E-state index contributed by atoms with van der Waals surface area (Å²) < 4.78 is 10.9. The largest absolute Gasteiger partial charge is 0.497 e. The molecule has 32 heavy (non-hydrogen) atoms. The number of oxazole rings is 1. The molecule has 1 aromatic heterocycles. The van der Waals surface area contributed by atoms with Crippen LogP contribution in [0.5, 0.6) is 5.75 Å². The van der Waals surface area contributed by atoms with Crippen LogP contribution < -0.4 is 4.74 Å². The molecular weight excluding hydrogens is 406 g/mol. The zero-order valence-electron chi connectivity index (χ0n) is 18.4. The molecule has 1 aliphatic rings. The van der Waals surface area contributed by atoms with Crippen molar-refractivity contribution in [2.45, 2.75) is 19.8 Å².